The minimum absolute atomic E-state index is 0.0758. The summed E-state index contributed by atoms with van der Waals surface area (Å²) in [6.07, 6.45) is 1.02. The predicted molar refractivity (Wildman–Crippen MR) is 238 cm³/mol. The molecule has 6 aromatic carbocycles. The minimum Gasteiger partial charge on any atom is -0.505 e. The van der Waals surface area contributed by atoms with Crippen molar-refractivity contribution in [1.29, 1.82) is 0 Å². The summed E-state index contributed by atoms with van der Waals surface area (Å²) < 4.78 is 109. The number of azo groups is 3. The van der Waals surface area contributed by atoms with Gasteiger partial charge < -0.3 is 14.9 Å². The lowest BCUT2D eigenvalue weighted by Gasteiger charge is -2.11. The van der Waals surface area contributed by atoms with Crippen molar-refractivity contribution >= 4 is 107 Å². The molecule has 8 rings (SSSR count). The fourth-order valence-corrected chi connectivity index (χ4v) is 9.14. The Morgan fingerprint density at radius 3 is 2.14 bits per heavy atom. The quantitative estimate of drug-likeness (QED) is 0.0385. The number of aromatic nitrogens is 3. The highest BCUT2D eigenvalue weighted by Gasteiger charge is 2.23. The normalized spacial score (nSPS) is 12.8. The third-order valence-corrected chi connectivity index (χ3v) is 13.1. The Morgan fingerprint density at radius 1 is 0.677 bits per heavy atom. The molecule has 0 unspecified atom stereocenters. The van der Waals surface area contributed by atoms with Gasteiger partial charge in [0.1, 0.15) is 27.7 Å². The van der Waals surface area contributed by atoms with Gasteiger partial charge in [0, 0.05) is 22.2 Å². The van der Waals surface area contributed by atoms with Crippen molar-refractivity contribution in [1.82, 2.24) is 14.8 Å². The lowest BCUT2D eigenvalue weighted by atomic mass is 10.1. The van der Waals surface area contributed by atoms with Crippen molar-refractivity contribution in [3.05, 3.63) is 109 Å². The summed E-state index contributed by atoms with van der Waals surface area (Å²) in [5.41, 5.74) is 1.22. The molecule has 2 heterocycles. The van der Waals surface area contributed by atoms with Gasteiger partial charge in [0.2, 0.25) is 11.0 Å². The van der Waals surface area contributed by atoms with Gasteiger partial charge >= 0.3 is 0 Å². The number of aryl methyl sites for hydroxylation is 1. The van der Waals surface area contributed by atoms with Gasteiger partial charge in [-0.1, -0.05) is 47.7 Å². The number of phenolic OH excluding ortho intramolecular Hbond substituents is 1. The first kappa shape index (κ1) is 44.5. The Labute approximate surface area is 372 Å². The van der Waals surface area contributed by atoms with Crippen LogP contribution in [0.2, 0.25) is 0 Å². The smallest absolute Gasteiger partial charge is 0.297 e. The molecular weight excluding hydrogens is 927 g/mol. The van der Waals surface area contributed by atoms with Gasteiger partial charge in [-0.15, -0.1) is 30.7 Å². The van der Waals surface area contributed by atoms with Crippen LogP contribution in [0.15, 0.2) is 144 Å². The fraction of sp³-hybridized carbons (Fsp3) is 0.100. The number of para-hydroxylation sites is 1. The first-order valence-electron chi connectivity index (χ1n) is 18.7. The van der Waals surface area contributed by atoms with Gasteiger partial charge in [0.15, 0.2) is 11.4 Å². The van der Waals surface area contributed by atoms with E-state index in [0.717, 1.165) is 27.2 Å². The Balaban J connectivity index is 1.10. The Hall–Kier alpha value is -7.13. The van der Waals surface area contributed by atoms with Gasteiger partial charge in [-0.2, -0.15) is 35.0 Å². The summed E-state index contributed by atoms with van der Waals surface area (Å²) in [5.74, 6) is -1.59. The number of hydrogen-bond donors (Lipinski definition) is 5. The molecule has 0 saturated carbocycles. The molecular formula is C40H31N9O12S4. The second-order valence-corrected chi connectivity index (χ2v) is 19.3. The van der Waals surface area contributed by atoms with E-state index in [4.69, 9.17) is 4.74 Å². The summed E-state index contributed by atoms with van der Waals surface area (Å²) in [7, 11) is -13.9. The van der Waals surface area contributed by atoms with Crippen molar-refractivity contribution in [2.75, 3.05) is 12.4 Å². The molecule has 332 valence electrons. The second kappa shape index (κ2) is 17.4. The van der Waals surface area contributed by atoms with E-state index in [0.29, 0.717) is 27.2 Å². The molecule has 0 aliphatic carbocycles. The number of phenols is 1. The topological polar surface area (TPSA) is 318 Å². The van der Waals surface area contributed by atoms with Gasteiger partial charge in [0.05, 0.1) is 45.0 Å². The van der Waals surface area contributed by atoms with Crippen LogP contribution < -0.4 is 4.74 Å². The Bertz CT molecular complexity index is 3620. The van der Waals surface area contributed by atoms with Gasteiger partial charge in [0.25, 0.3) is 30.4 Å². The summed E-state index contributed by atoms with van der Waals surface area (Å²) in [4.78, 5) is 3.31. The van der Waals surface area contributed by atoms with Crippen LogP contribution in [0.1, 0.15) is 12.0 Å². The number of fused-ring (bicyclic) bond motifs is 3. The van der Waals surface area contributed by atoms with Crippen molar-refractivity contribution in [3.63, 3.8) is 0 Å². The maximum Gasteiger partial charge on any atom is 0.297 e. The lowest BCUT2D eigenvalue weighted by molar-refractivity contribution is 0.317. The van der Waals surface area contributed by atoms with Crippen LogP contribution in [0.5, 0.6) is 17.4 Å². The molecule has 5 N–H and O–H groups in total. The zero-order chi connectivity index (χ0) is 46.3. The standard InChI is InChI=1S/C40H31N9O12S4/c1-22-18-32(35(61-16-5-17-63(52,53)54)20-31(22)45-48-40-42-28-7-2-3-9-36(28)62-40)46-43-29-14-13-26-25(37(29)50)12-15-30(38(26)65(58,59)60)44-47-33-21-41-49(39(33)51)34-8-4-6-23-10-11-24(19-27(23)34)64(55,56)57/h2-4,6-15,18-21,50-51H,5,16-17H2,1H3,(H,52,53,54)(H,55,56,57)(H,58,59,60). The van der Waals surface area contributed by atoms with Crippen LogP contribution in [0.3, 0.4) is 0 Å². The number of ether oxygens (including phenoxy) is 1. The molecule has 0 fully saturated rings. The third kappa shape index (κ3) is 9.70. The van der Waals surface area contributed by atoms with Crippen molar-refractivity contribution in [3.8, 4) is 23.1 Å². The number of hydrogen-bond acceptors (Lipinski definition) is 18. The van der Waals surface area contributed by atoms with E-state index in [-0.39, 0.29) is 52.3 Å². The van der Waals surface area contributed by atoms with Crippen molar-refractivity contribution < 1.29 is 53.9 Å². The molecule has 0 amide bonds. The van der Waals surface area contributed by atoms with Gasteiger partial charge in [-0.3, -0.25) is 13.7 Å². The summed E-state index contributed by atoms with van der Waals surface area (Å²) in [6, 6.07) is 24.1. The first-order valence-corrected chi connectivity index (χ1v) is 24.0. The number of aromatic hydroxyl groups is 2. The molecule has 65 heavy (non-hydrogen) atoms. The van der Waals surface area contributed by atoms with Crippen LogP contribution in [0, 0.1) is 6.92 Å². The molecule has 0 saturated heterocycles. The van der Waals surface area contributed by atoms with Crippen molar-refractivity contribution in [2.24, 2.45) is 30.7 Å². The van der Waals surface area contributed by atoms with E-state index >= 15 is 0 Å². The summed E-state index contributed by atoms with van der Waals surface area (Å²) in [5, 5.41) is 52.4. The molecule has 0 spiro atoms. The van der Waals surface area contributed by atoms with E-state index in [1.807, 2.05) is 24.3 Å². The molecule has 0 bridgehead atoms. The first-order chi connectivity index (χ1) is 30.8. The van der Waals surface area contributed by atoms with Crippen LogP contribution in [-0.2, 0) is 30.4 Å². The molecule has 0 aliphatic rings. The molecule has 8 aromatic rings. The highest BCUT2D eigenvalue weighted by atomic mass is 32.2. The zero-order valence-electron chi connectivity index (χ0n) is 33.2. The fourth-order valence-electron chi connectivity index (χ4n) is 6.53. The molecule has 0 atom stereocenters. The number of rotatable bonds is 14. The van der Waals surface area contributed by atoms with Crippen LogP contribution in [0.25, 0.3) is 37.4 Å². The van der Waals surface area contributed by atoms with Crippen LogP contribution in [-0.4, -0.2) is 76.2 Å². The van der Waals surface area contributed by atoms with E-state index in [1.54, 1.807) is 25.1 Å². The zero-order valence-corrected chi connectivity index (χ0v) is 36.5. The Morgan fingerprint density at radius 2 is 1.38 bits per heavy atom. The van der Waals surface area contributed by atoms with E-state index in [9.17, 15) is 49.1 Å². The number of thiazole rings is 1. The van der Waals surface area contributed by atoms with Gasteiger partial charge in [-0.05, 0) is 78.9 Å². The Kier molecular flexibility index (Phi) is 11.9. The maximum atomic E-state index is 12.8. The third-order valence-electron chi connectivity index (χ3n) is 9.56. The predicted octanol–water partition coefficient (Wildman–Crippen LogP) is 9.90. The molecule has 0 radical (unpaired) electrons. The van der Waals surface area contributed by atoms with Crippen molar-refractivity contribution in [2.45, 2.75) is 23.1 Å². The molecule has 2 aromatic heterocycles. The largest absolute Gasteiger partial charge is 0.505 e. The van der Waals surface area contributed by atoms with Gasteiger partial charge in [-0.25, -0.2) is 4.98 Å². The average molecular weight is 958 g/mol. The van der Waals surface area contributed by atoms with E-state index < -0.39 is 63.2 Å². The monoisotopic (exact) mass is 957 g/mol. The summed E-state index contributed by atoms with van der Waals surface area (Å²) >= 11 is 1.33. The SMILES string of the molecule is Cc1cc(N=Nc2ccc3c(S(=O)(=O)O)c(N=Nc4cnn(-c5cccc6ccc(S(=O)(=O)O)cc56)c4O)ccc3c2O)c(OCCCS(=O)(=O)O)cc1N=Nc1nc2ccccc2s1. The van der Waals surface area contributed by atoms with E-state index in [2.05, 4.69) is 40.8 Å². The highest BCUT2D eigenvalue weighted by Crippen LogP contribution is 2.44. The van der Waals surface area contributed by atoms with Crippen LogP contribution >= 0.6 is 11.3 Å². The molecule has 0 aliphatic heterocycles. The highest BCUT2D eigenvalue weighted by molar-refractivity contribution is 7.86. The average Bonchev–Trinajstić information content (AvgIpc) is 3.84. The molecule has 25 heteroatoms. The second-order valence-electron chi connectivity index (χ2n) is 14.0. The lowest BCUT2D eigenvalue weighted by Crippen LogP contribution is -2.08. The maximum absolute atomic E-state index is 12.8. The number of nitrogens with zero attached hydrogens (tertiary/aromatic N) is 9. The minimum atomic E-state index is -5.06. The number of benzene rings is 6. The summed E-state index contributed by atoms with van der Waals surface area (Å²) in [6.45, 7) is 1.56. The van der Waals surface area contributed by atoms with Crippen LogP contribution in [0.4, 0.5) is 33.6 Å². The van der Waals surface area contributed by atoms with E-state index in [1.165, 1.54) is 59.9 Å². The molecule has 21 nitrogen and oxygen atoms in total.